The van der Waals surface area contributed by atoms with Gasteiger partial charge in [0, 0.05) is 0 Å². The summed E-state index contributed by atoms with van der Waals surface area (Å²) in [4.78, 5) is 0. The molecule has 20 heavy (non-hydrogen) atoms. The molecule has 0 aromatic heterocycles. The van der Waals surface area contributed by atoms with E-state index in [0.29, 0.717) is 0 Å². The quantitative estimate of drug-likeness (QED) is 0.553. The lowest BCUT2D eigenvalue weighted by Crippen LogP contribution is -1.90. The fourth-order valence-corrected chi connectivity index (χ4v) is 1.97. The topological polar surface area (TPSA) is 0 Å². The molecule has 0 saturated carbocycles. The Labute approximate surface area is 122 Å². The largest absolute Gasteiger partial charge is 0.0991 e. The van der Waals surface area contributed by atoms with Crippen LogP contribution in [-0.2, 0) is 0 Å². The zero-order chi connectivity index (χ0) is 14.8. The van der Waals surface area contributed by atoms with Crippen molar-refractivity contribution in [2.75, 3.05) is 0 Å². The SMILES string of the molecule is C=C/C=C\C(=C/C)c1ccccc1/C(C=C)=C/C=C\C. The summed E-state index contributed by atoms with van der Waals surface area (Å²) in [7, 11) is 0. The molecule has 0 spiro atoms. The van der Waals surface area contributed by atoms with Gasteiger partial charge in [-0.3, -0.25) is 0 Å². The van der Waals surface area contributed by atoms with Crippen molar-refractivity contribution in [3.8, 4) is 0 Å². The van der Waals surface area contributed by atoms with Gasteiger partial charge in [0.05, 0.1) is 0 Å². The molecule has 0 saturated heterocycles. The highest BCUT2D eigenvalue weighted by atomic mass is 14.1. The Morgan fingerprint density at radius 1 is 0.950 bits per heavy atom. The second kappa shape index (κ2) is 8.71. The van der Waals surface area contributed by atoms with E-state index in [1.807, 2.05) is 38.2 Å². The van der Waals surface area contributed by atoms with Crippen molar-refractivity contribution in [2.45, 2.75) is 13.8 Å². The molecule has 0 amide bonds. The average molecular weight is 262 g/mol. The molecule has 1 aromatic rings. The molecule has 0 heterocycles. The van der Waals surface area contributed by atoms with E-state index in [4.69, 9.17) is 0 Å². The zero-order valence-corrected chi connectivity index (χ0v) is 12.3. The Kier molecular flexibility index (Phi) is 6.84. The van der Waals surface area contributed by atoms with Crippen LogP contribution in [0.2, 0.25) is 0 Å². The highest BCUT2D eigenvalue weighted by molar-refractivity contribution is 5.87. The third-order valence-corrected chi connectivity index (χ3v) is 2.96. The molecule has 0 unspecified atom stereocenters. The summed E-state index contributed by atoms with van der Waals surface area (Å²) in [6.07, 6.45) is 15.9. The predicted molar refractivity (Wildman–Crippen MR) is 92.4 cm³/mol. The maximum atomic E-state index is 3.92. The summed E-state index contributed by atoms with van der Waals surface area (Å²) in [6, 6.07) is 8.36. The van der Waals surface area contributed by atoms with Crippen LogP contribution in [-0.4, -0.2) is 0 Å². The Morgan fingerprint density at radius 3 is 2.10 bits per heavy atom. The molecule has 0 nitrogen and oxygen atoms in total. The minimum atomic E-state index is 1.12. The van der Waals surface area contributed by atoms with Gasteiger partial charge in [0.25, 0.3) is 0 Å². The lowest BCUT2D eigenvalue weighted by atomic mass is 9.93. The van der Waals surface area contributed by atoms with Crippen LogP contribution in [0.15, 0.2) is 86.0 Å². The number of rotatable bonds is 6. The third kappa shape index (κ3) is 4.10. The van der Waals surface area contributed by atoms with Gasteiger partial charge in [-0.15, -0.1) is 0 Å². The van der Waals surface area contributed by atoms with Crippen LogP contribution >= 0.6 is 0 Å². The van der Waals surface area contributed by atoms with E-state index < -0.39 is 0 Å². The van der Waals surface area contributed by atoms with E-state index in [9.17, 15) is 0 Å². The second-order valence-electron chi connectivity index (χ2n) is 4.24. The molecule has 1 aromatic carbocycles. The highest BCUT2D eigenvalue weighted by Crippen LogP contribution is 2.27. The van der Waals surface area contributed by atoms with Crippen molar-refractivity contribution in [3.63, 3.8) is 0 Å². The van der Waals surface area contributed by atoms with E-state index >= 15 is 0 Å². The van der Waals surface area contributed by atoms with Gasteiger partial charge in [-0.25, -0.2) is 0 Å². The van der Waals surface area contributed by atoms with Crippen molar-refractivity contribution < 1.29 is 0 Å². The summed E-state index contributed by atoms with van der Waals surface area (Å²) in [6.45, 7) is 11.7. The van der Waals surface area contributed by atoms with Gasteiger partial charge in [0.2, 0.25) is 0 Å². The van der Waals surface area contributed by atoms with Crippen molar-refractivity contribution in [1.82, 2.24) is 0 Å². The summed E-state index contributed by atoms with van der Waals surface area (Å²) in [5.41, 5.74) is 4.67. The first-order chi connectivity index (χ1) is 9.78. The summed E-state index contributed by atoms with van der Waals surface area (Å²) in [5, 5.41) is 0. The van der Waals surface area contributed by atoms with Crippen LogP contribution in [0.5, 0.6) is 0 Å². The monoisotopic (exact) mass is 262 g/mol. The van der Waals surface area contributed by atoms with E-state index in [1.54, 1.807) is 6.08 Å². The van der Waals surface area contributed by atoms with Crippen molar-refractivity contribution in [3.05, 3.63) is 97.2 Å². The molecule has 0 fully saturated rings. The smallest absolute Gasteiger partial charge is 0.0106 e. The minimum absolute atomic E-state index is 1.12. The molecule has 0 aliphatic heterocycles. The average Bonchev–Trinajstić information content (AvgIpc) is 2.50. The summed E-state index contributed by atoms with van der Waals surface area (Å²) in [5.74, 6) is 0. The highest BCUT2D eigenvalue weighted by Gasteiger charge is 2.06. The second-order valence-corrected chi connectivity index (χ2v) is 4.24. The maximum Gasteiger partial charge on any atom is -0.0106 e. The van der Waals surface area contributed by atoms with Crippen LogP contribution in [0, 0.1) is 0 Å². The van der Waals surface area contributed by atoms with Crippen molar-refractivity contribution in [2.24, 2.45) is 0 Å². The van der Waals surface area contributed by atoms with Crippen LogP contribution in [0.4, 0.5) is 0 Å². The minimum Gasteiger partial charge on any atom is -0.0991 e. The van der Waals surface area contributed by atoms with E-state index in [2.05, 4.69) is 55.7 Å². The molecule has 0 bridgehead atoms. The van der Waals surface area contributed by atoms with Gasteiger partial charge in [0.15, 0.2) is 0 Å². The van der Waals surface area contributed by atoms with Gasteiger partial charge in [-0.05, 0) is 36.1 Å². The molecule has 1 rings (SSSR count). The van der Waals surface area contributed by atoms with Crippen LogP contribution < -0.4 is 0 Å². The van der Waals surface area contributed by atoms with E-state index in [0.717, 1.165) is 5.57 Å². The lowest BCUT2D eigenvalue weighted by Gasteiger charge is -2.11. The Hall–Kier alpha value is -2.34. The molecule has 0 N–H and O–H groups in total. The van der Waals surface area contributed by atoms with E-state index in [-0.39, 0.29) is 0 Å². The van der Waals surface area contributed by atoms with Gasteiger partial charge in [0.1, 0.15) is 0 Å². The number of hydrogen-bond acceptors (Lipinski definition) is 0. The molecule has 0 aliphatic carbocycles. The van der Waals surface area contributed by atoms with Crippen LogP contribution in [0.1, 0.15) is 25.0 Å². The lowest BCUT2D eigenvalue weighted by molar-refractivity contribution is 1.53. The number of benzene rings is 1. The Morgan fingerprint density at radius 2 is 1.60 bits per heavy atom. The van der Waals surface area contributed by atoms with Gasteiger partial charge in [-0.2, -0.15) is 0 Å². The summed E-state index contributed by atoms with van der Waals surface area (Å²) < 4.78 is 0. The zero-order valence-electron chi connectivity index (χ0n) is 12.3. The first kappa shape index (κ1) is 15.7. The van der Waals surface area contributed by atoms with Crippen LogP contribution in [0.25, 0.3) is 11.1 Å². The fraction of sp³-hybridized carbons (Fsp3) is 0.100. The molecule has 0 atom stereocenters. The molecular formula is C20H22. The third-order valence-electron chi connectivity index (χ3n) is 2.96. The van der Waals surface area contributed by atoms with Crippen molar-refractivity contribution in [1.29, 1.82) is 0 Å². The number of hydrogen-bond donors (Lipinski definition) is 0. The standard InChI is InChI=1S/C20H22/c1-5-9-13-17(7-3)19-15-11-12-16-20(19)18(8-4)14-10-6-2/h5-16H,1,4H2,2-3H3/b10-6-,13-9-,17-7+,18-14+. The molecule has 0 radical (unpaired) electrons. The first-order valence-corrected chi connectivity index (χ1v) is 6.79. The molecule has 0 heteroatoms. The first-order valence-electron chi connectivity index (χ1n) is 6.79. The molecule has 0 aliphatic rings. The fourth-order valence-electron chi connectivity index (χ4n) is 1.97. The van der Waals surface area contributed by atoms with E-state index in [1.165, 1.54) is 16.7 Å². The Bertz CT molecular complexity index is 578. The van der Waals surface area contributed by atoms with Crippen LogP contribution in [0.3, 0.4) is 0 Å². The van der Waals surface area contributed by atoms with Gasteiger partial charge < -0.3 is 0 Å². The Balaban J connectivity index is 3.39. The van der Waals surface area contributed by atoms with Crippen molar-refractivity contribution >= 4 is 11.1 Å². The van der Waals surface area contributed by atoms with Gasteiger partial charge in [-0.1, -0.05) is 86.0 Å². The predicted octanol–water partition coefficient (Wildman–Crippen LogP) is 5.98. The maximum absolute atomic E-state index is 3.92. The normalized spacial score (nSPS) is 13.1. The molecular weight excluding hydrogens is 240 g/mol. The number of allylic oxidation sites excluding steroid dienone is 10. The summed E-state index contributed by atoms with van der Waals surface area (Å²) >= 11 is 0. The molecule has 102 valence electrons. The van der Waals surface area contributed by atoms with Gasteiger partial charge >= 0.3 is 0 Å².